The van der Waals surface area contributed by atoms with Crippen LogP contribution in [-0.2, 0) is 0 Å². The van der Waals surface area contributed by atoms with E-state index >= 15 is 0 Å². The maximum absolute atomic E-state index is 13.1. The molecule has 0 amide bonds. The molecule has 1 aliphatic heterocycles. The van der Waals surface area contributed by atoms with E-state index < -0.39 is 5.82 Å². The molecule has 94 valence electrons. The van der Waals surface area contributed by atoms with Crippen molar-refractivity contribution in [3.05, 3.63) is 46.9 Å². The maximum atomic E-state index is 13.1. The van der Waals surface area contributed by atoms with E-state index in [-0.39, 0.29) is 5.02 Å². The second-order valence-electron chi connectivity index (χ2n) is 4.48. The highest BCUT2D eigenvalue weighted by Crippen LogP contribution is 2.30. The first-order valence-electron chi connectivity index (χ1n) is 6.02. The first-order valence-corrected chi connectivity index (χ1v) is 6.40. The van der Waals surface area contributed by atoms with Crippen molar-refractivity contribution in [2.75, 3.05) is 6.54 Å². The van der Waals surface area contributed by atoms with Crippen molar-refractivity contribution in [2.24, 2.45) is 0 Å². The van der Waals surface area contributed by atoms with Crippen LogP contribution in [0.3, 0.4) is 0 Å². The molecule has 0 unspecified atom stereocenters. The summed E-state index contributed by atoms with van der Waals surface area (Å²) in [5.41, 5.74) is 0.797. The maximum Gasteiger partial charge on any atom is 0.141 e. The van der Waals surface area contributed by atoms with Crippen LogP contribution in [-0.4, -0.2) is 6.54 Å². The van der Waals surface area contributed by atoms with Crippen molar-refractivity contribution in [2.45, 2.75) is 18.9 Å². The summed E-state index contributed by atoms with van der Waals surface area (Å²) in [5.74, 6) is 1.24. The van der Waals surface area contributed by atoms with E-state index in [1.807, 2.05) is 12.1 Å². The highest BCUT2D eigenvalue weighted by atomic mass is 35.5. The molecule has 2 heterocycles. The molecule has 2 nitrogen and oxygen atoms in total. The summed E-state index contributed by atoms with van der Waals surface area (Å²) < 4.78 is 18.9. The number of halogens is 2. The van der Waals surface area contributed by atoms with E-state index in [1.165, 1.54) is 12.5 Å². The average molecular weight is 266 g/mol. The highest BCUT2D eigenvalue weighted by molar-refractivity contribution is 6.31. The van der Waals surface area contributed by atoms with E-state index in [0.29, 0.717) is 6.04 Å². The van der Waals surface area contributed by atoms with Crippen LogP contribution < -0.4 is 5.32 Å². The molecule has 0 saturated carbocycles. The van der Waals surface area contributed by atoms with E-state index in [2.05, 4.69) is 5.32 Å². The van der Waals surface area contributed by atoms with Crippen LogP contribution in [0, 0.1) is 5.82 Å². The Labute approximate surface area is 110 Å². The minimum absolute atomic E-state index is 0.115. The fraction of sp³-hybridized carbons (Fsp3) is 0.286. The zero-order chi connectivity index (χ0) is 12.5. The SMILES string of the molecule is Fc1ccc(-c2ccc([C@H]3CCCN3)o2)cc1Cl. The van der Waals surface area contributed by atoms with Crippen LogP contribution >= 0.6 is 11.6 Å². The summed E-state index contributed by atoms with van der Waals surface area (Å²) in [6.45, 7) is 1.03. The lowest BCUT2D eigenvalue weighted by molar-refractivity contribution is 0.454. The molecule has 0 aliphatic carbocycles. The Morgan fingerprint density at radius 3 is 2.89 bits per heavy atom. The van der Waals surface area contributed by atoms with Crippen molar-refractivity contribution < 1.29 is 8.81 Å². The predicted molar refractivity (Wildman–Crippen MR) is 69.1 cm³/mol. The Balaban J connectivity index is 1.89. The lowest BCUT2D eigenvalue weighted by Crippen LogP contribution is -2.11. The highest BCUT2D eigenvalue weighted by Gasteiger charge is 2.19. The normalized spacial score (nSPS) is 19.3. The van der Waals surface area contributed by atoms with Crippen LogP contribution in [0.15, 0.2) is 34.7 Å². The molecule has 1 aromatic heterocycles. The minimum Gasteiger partial charge on any atom is -0.459 e. The standard InChI is InChI=1S/C14H13ClFNO/c15-10-8-9(3-4-11(10)16)13-5-6-14(18-13)12-2-1-7-17-12/h3-6,8,12,17H,1-2,7H2/t12-/m1/s1. The van der Waals surface area contributed by atoms with Gasteiger partial charge >= 0.3 is 0 Å². The molecule has 2 aromatic rings. The molecule has 1 saturated heterocycles. The van der Waals surface area contributed by atoms with Crippen LogP contribution in [0.25, 0.3) is 11.3 Å². The zero-order valence-electron chi connectivity index (χ0n) is 9.75. The molecule has 1 aromatic carbocycles. The first kappa shape index (κ1) is 11.8. The van der Waals surface area contributed by atoms with Crippen molar-refractivity contribution in [3.8, 4) is 11.3 Å². The number of hydrogen-bond donors (Lipinski definition) is 1. The number of rotatable bonds is 2. The van der Waals surface area contributed by atoms with E-state index in [1.54, 1.807) is 12.1 Å². The van der Waals surface area contributed by atoms with Crippen LogP contribution in [0.1, 0.15) is 24.6 Å². The Morgan fingerprint density at radius 1 is 1.28 bits per heavy atom. The number of benzene rings is 1. The zero-order valence-corrected chi connectivity index (χ0v) is 10.5. The van der Waals surface area contributed by atoms with Gasteiger partial charge in [-0.05, 0) is 49.7 Å². The van der Waals surface area contributed by atoms with E-state index in [0.717, 1.165) is 30.0 Å². The van der Waals surface area contributed by atoms with Gasteiger partial charge in [0.2, 0.25) is 0 Å². The quantitative estimate of drug-likeness (QED) is 0.882. The molecule has 0 bridgehead atoms. The van der Waals surface area contributed by atoms with Crippen molar-refractivity contribution in [1.82, 2.24) is 5.32 Å². The third-order valence-corrected chi connectivity index (χ3v) is 3.52. The van der Waals surface area contributed by atoms with Gasteiger partial charge in [-0.15, -0.1) is 0 Å². The predicted octanol–water partition coefficient (Wildman–Crippen LogP) is 4.16. The van der Waals surface area contributed by atoms with Gasteiger partial charge in [0.1, 0.15) is 17.3 Å². The molecule has 1 aliphatic rings. The van der Waals surface area contributed by atoms with Crippen LogP contribution in [0.5, 0.6) is 0 Å². The van der Waals surface area contributed by atoms with Gasteiger partial charge in [0.15, 0.2) is 0 Å². The molecular weight excluding hydrogens is 253 g/mol. The van der Waals surface area contributed by atoms with Gasteiger partial charge in [-0.2, -0.15) is 0 Å². The molecule has 18 heavy (non-hydrogen) atoms. The third-order valence-electron chi connectivity index (χ3n) is 3.23. The van der Waals surface area contributed by atoms with E-state index in [9.17, 15) is 4.39 Å². The number of nitrogens with one attached hydrogen (secondary N) is 1. The van der Waals surface area contributed by atoms with Gasteiger partial charge in [-0.3, -0.25) is 0 Å². The molecule has 0 spiro atoms. The summed E-state index contributed by atoms with van der Waals surface area (Å²) in [7, 11) is 0. The van der Waals surface area contributed by atoms with E-state index in [4.69, 9.17) is 16.0 Å². The molecule has 1 fully saturated rings. The molecule has 4 heteroatoms. The van der Waals surface area contributed by atoms with Crippen LogP contribution in [0.4, 0.5) is 4.39 Å². The monoisotopic (exact) mass is 265 g/mol. The Hall–Kier alpha value is -1.32. The van der Waals surface area contributed by atoms with Gasteiger partial charge in [0.25, 0.3) is 0 Å². The Bertz CT molecular complexity index is 561. The fourth-order valence-electron chi connectivity index (χ4n) is 2.27. The van der Waals surface area contributed by atoms with Gasteiger partial charge in [-0.1, -0.05) is 11.6 Å². The summed E-state index contributed by atoms with van der Waals surface area (Å²) in [6, 6.07) is 8.78. The average Bonchev–Trinajstić information content (AvgIpc) is 3.01. The summed E-state index contributed by atoms with van der Waals surface area (Å²) in [6.07, 6.45) is 2.26. The second kappa shape index (κ2) is 4.75. The fourth-order valence-corrected chi connectivity index (χ4v) is 2.45. The second-order valence-corrected chi connectivity index (χ2v) is 4.89. The largest absolute Gasteiger partial charge is 0.459 e. The minimum atomic E-state index is -0.412. The number of furan rings is 1. The molecule has 1 N–H and O–H groups in total. The summed E-state index contributed by atoms with van der Waals surface area (Å²) >= 11 is 5.77. The summed E-state index contributed by atoms with van der Waals surface area (Å²) in [4.78, 5) is 0. The van der Waals surface area contributed by atoms with Gasteiger partial charge < -0.3 is 9.73 Å². The first-order chi connectivity index (χ1) is 8.74. The topological polar surface area (TPSA) is 25.2 Å². The molecule has 0 radical (unpaired) electrons. The molecule has 1 atom stereocenters. The Morgan fingerprint density at radius 2 is 2.17 bits per heavy atom. The Kier molecular flexibility index (Phi) is 3.10. The summed E-state index contributed by atoms with van der Waals surface area (Å²) in [5, 5.41) is 3.49. The van der Waals surface area contributed by atoms with Gasteiger partial charge in [0, 0.05) is 5.56 Å². The lowest BCUT2D eigenvalue weighted by Gasteiger charge is -2.05. The van der Waals surface area contributed by atoms with Gasteiger partial charge in [-0.25, -0.2) is 4.39 Å². The lowest BCUT2D eigenvalue weighted by atomic mass is 10.1. The molecular formula is C14H13ClFNO. The van der Waals surface area contributed by atoms with Gasteiger partial charge in [0.05, 0.1) is 11.1 Å². The molecule has 3 rings (SSSR count). The van der Waals surface area contributed by atoms with Crippen molar-refractivity contribution >= 4 is 11.6 Å². The smallest absolute Gasteiger partial charge is 0.141 e. The van der Waals surface area contributed by atoms with Crippen molar-refractivity contribution in [3.63, 3.8) is 0 Å². The number of hydrogen-bond acceptors (Lipinski definition) is 2. The van der Waals surface area contributed by atoms with Crippen LogP contribution in [0.2, 0.25) is 5.02 Å². The van der Waals surface area contributed by atoms with Crippen molar-refractivity contribution in [1.29, 1.82) is 0 Å². The third kappa shape index (κ3) is 2.16.